The smallest absolute Gasteiger partial charge is 0.417 e. The Morgan fingerprint density at radius 3 is 2.54 bits per heavy atom. The zero-order valence-corrected chi connectivity index (χ0v) is 14.9. The molecule has 0 aromatic carbocycles. The van der Waals surface area contributed by atoms with Crippen LogP contribution in [0, 0.1) is 5.41 Å². The quantitative estimate of drug-likeness (QED) is 0.618. The Hall–Kier alpha value is -3.17. The molecule has 1 atom stereocenters. The highest BCUT2D eigenvalue weighted by Crippen LogP contribution is 2.42. The molecular formula is C18H16F3N3O4. The molecule has 0 spiro atoms. The summed E-state index contributed by atoms with van der Waals surface area (Å²) < 4.78 is 44.4. The summed E-state index contributed by atoms with van der Waals surface area (Å²) in [5.74, 6) is -3.86. The van der Waals surface area contributed by atoms with Gasteiger partial charge in [-0.25, -0.2) is 0 Å². The molecule has 0 fully saturated rings. The first-order chi connectivity index (χ1) is 12.9. The number of ketones is 1. The largest absolute Gasteiger partial charge is 0.461 e. The number of rotatable bonds is 5. The Morgan fingerprint density at radius 2 is 2.00 bits per heavy atom. The van der Waals surface area contributed by atoms with Gasteiger partial charge in [0.15, 0.2) is 5.76 Å². The molecule has 1 aliphatic rings. The molecule has 7 nitrogen and oxygen atoms in total. The molecule has 0 radical (unpaired) electrons. The molecule has 0 aliphatic carbocycles. The van der Waals surface area contributed by atoms with Crippen LogP contribution >= 0.6 is 0 Å². The average Bonchev–Trinajstić information content (AvgIpc) is 3.21. The molecule has 148 valence electrons. The standard InChI is InChI=1S/C18H16F3N3O4/c1-17(2,16(22)27)8-24-10-6-9(18(19,20)21)7-23-13(10)12(15(24)26)14(25)11-4-3-5-28-11/h3-7,12H,8H2,1-2H3,(H2,22,27). The monoisotopic (exact) mass is 395 g/mol. The van der Waals surface area contributed by atoms with Crippen LogP contribution in [0.5, 0.6) is 0 Å². The summed E-state index contributed by atoms with van der Waals surface area (Å²) in [7, 11) is 0. The minimum atomic E-state index is -4.70. The molecule has 0 saturated carbocycles. The first-order valence-electron chi connectivity index (χ1n) is 8.19. The van der Waals surface area contributed by atoms with Crippen molar-refractivity contribution in [2.24, 2.45) is 11.1 Å². The zero-order chi connectivity index (χ0) is 20.9. The minimum absolute atomic E-state index is 0.123. The van der Waals surface area contributed by atoms with Gasteiger partial charge in [0.25, 0.3) is 0 Å². The molecule has 3 rings (SSSR count). The van der Waals surface area contributed by atoms with E-state index in [-0.39, 0.29) is 23.7 Å². The van der Waals surface area contributed by atoms with Gasteiger partial charge in [-0.15, -0.1) is 0 Å². The van der Waals surface area contributed by atoms with E-state index in [0.29, 0.717) is 6.20 Å². The number of nitrogens with two attached hydrogens (primary N) is 1. The van der Waals surface area contributed by atoms with Crippen molar-refractivity contribution in [1.29, 1.82) is 0 Å². The number of alkyl halides is 3. The van der Waals surface area contributed by atoms with Crippen molar-refractivity contribution in [1.82, 2.24) is 4.98 Å². The van der Waals surface area contributed by atoms with Crippen LogP contribution in [0.4, 0.5) is 18.9 Å². The van der Waals surface area contributed by atoms with Gasteiger partial charge in [0.1, 0.15) is 5.92 Å². The molecule has 2 N–H and O–H groups in total. The molecule has 28 heavy (non-hydrogen) atoms. The number of primary amides is 1. The number of hydrogen-bond donors (Lipinski definition) is 1. The third kappa shape index (κ3) is 3.25. The summed E-state index contributed by atoms with van der Waals surface area (Å²) in [5.41, 5.74) is 2.70. The maximum atomic E-state index is 13.1. The van der Waals surface area contributed by atoms with Crippen molar-refractivity contribution in [2.75, 3.05) is 11.4 Å². The summed E-state index contributed by atoms with van der Waals surface area (Å²) in [6.07, 6.45) is -2.89. The third-order valence-electron chi connectivity index (χ3n) is 4.55. The van der Waals surface area contributed by atoms with Gasteiger partial charge < -0.3 is 15.1 Å². The number of halogens is 3. The molecule has 10 heteroatoms. The SMILES string of the molecule is CC(C)(CN1C(=O)C(C(=O)c2ccco2)c2ncc(C(F)(F)F)cc21)C(N)=O. The van der Waals surface area contributed by atoms with E-state index in [2.05, 4.69) is 4.98 Å². The Balaban J connectivity index is 2.11. The van der Waals surface area contributed by atoms with Gasteiger partial charge in [-0.2, -0.15) is 13.2 Å². The number of fused-ring (bicyclic) bond motifs is 1. The van der Waals surface area contributed by atoms with E-state index in [1.54, 1.807) is 0 Å². The Labute approximate surface area is 157 Å². The topological polar surface area (TPSA) is 106 Å². The van der Waals surface area contributed by atoms with E-state index in [9.17, 15) is 27.6 Å². The van der Waals surface area contributed by atoms with Crippen LogP contribution in [0.3, 0.4) is 0 Å². The van der Waals surface area contributed by atoms with Crippen molar-refractivity contribution in [3.63, 3.8) is 0 Å². The van der Waals surface area contributed by atoms with Gasteiger partial charge >= 0.3 is 6.18 Å². The number of anilines is 1. The average molecular weight is 395 g/mol. The van der Waals surface area contributed by atoms with Gasteiger partial charge in [0.05, 0.1) is 28.6 Å². The second-order valence-electron chi connectivity index (χ2n) is 7.07. The number of carbonyl (C=O) groups is 3. The predicted octanol–water partition coefficient (Wildman–Crippen LogP) is 2.52. The lowest BCUT2D eigenvalue weighted by molar-refractivity contribution is -0.137. The number of pyridine rings is 1. The number of Topliss-reactive ketones (excluding diaryl/α,β-unsaturated/α-hetero) is 1. The van der Waals surface area contributed by atoms with Crippen LogP contribution in [-0.2, 0) is 15.8 Å². The number of furan rings is 1. The fraction of sp³-hybridized carbons (Fsp3) is 0.333. The summed E-state index contributed by atoms with van der Waals surface area (Å²) in [6, 6.07) is 3.53. The molecule has 0 saturated heterocycles. The van der Waals surface area contributed by atoms with Gasteiger partial charge in [-0.1, -0.05) is 0 Å². The Morgan fingerprint density at radius 1 is 1.32 bits per heavy atom. The van der Waals surface area contributed by atoms with Crippen molar-refractivity contribution >= 4 is 23.3 Å². The lowest BCUT2D eigenvalue weighted by Crippen LogP contribution is -2.45. The van der Waals surface area contributed by atoms with E-state index < -0.39 is 40.7 Å². The van der Waals surface area contributed by atoms with Crippen LogP contribution < -0.4 is 10.6 Å². The van der Waals surface area contributed by atoms with Crippen molar-refractivity contribution < 1.29 is 32.0 Å². The number of nitrogens with zero attached hydrogens (tertiary/aromatic N) is 2. The predicted molar refractivity (Wildman–Crippen MR) is 90.3 cm³/mol. The first kappa shape index (κ1) is 19.6. The number of amides is 2. The highest BCUT2D eigenvalue weighted by Gasteiger charge is 2.47. The van der Waals surface area contributed by atoms with Crippen molar-refractivity contribution in [3.05, 3.63) is 47.7 Å². The van der Waals surface area contributed by atoms with Crippen LogP contribution in [0.15, 0.2) is 35.1 Å². The highest BCUT2D eigenvalue weighted by atomic mass is 19.4. The minimum Gasteiger partial charge on any atom is -0.461 e. The summed E-state index contributed by atoms with van der Waals surface area (Å²) in [6.45, 7) is 2.59. The van der Waals surface area contributed by atoms with Gasteiger partial charge in [0, 0.05) is 12.7 Å². The molecule has 1 unspecified atom stereocenters. The maximum Gasteiger partial charge on any atom is 0.417 e. The lowest BCUT2D eigenvalue weighted by atomic mass is 9.92. The molecule has 2 aromatic heterocycles. The first-order valence-corrected chi connectivity index (χ1v) is 8.19. The molecule has 2 amide bonds. The summed E-state index contributed by atoms with van der Waals surface area (Å²) in [5, 5.41) is 0. The van der Waals surface area contributed by atoms with E-state index in [4.69, 9.17) is 10.2 Å². The number of hydrogen-bond acceptors (Lipinski definition) is 5. The number of carbonyl (C=O) groups excluding carboxylic acids is 3. The van der Waals surface area contributed by atoms with Crippen molar-refractivity contribution in [3.8, 4) is 0 Å². The lowest BCUT2D eigenvalue weighted by Gasteiger charge is -2.28. The van der Waals surface area contributed by atoms with Gasteiger partial charge in [-0.05, 0) is 32.0 Å². The van der Waals surface area contributed by atoms with E-state index >= 15 is 0 Å². The fourth-order valence-electron chi connectivity index (χ4n) is 2.88. The third-order valence-corrected chi connectivity index (χ3v) is 4.55. The second-order valence-corrected chi connectivity index (χ2v) is 7.07. The Kier molecular flexibility index (Phi) is 4.52. The normalized spacial score (nSPS) is 17.0. The molecular weight excluding hydrogens is 379 g/mol. The van der Waals surface area contributed by atoms with Gasteiger partial charge in [-0.3, -0.25) is 19.4 Å². The van der Waals surface area contributed by atoms with E-state index in [1.807, 2.05) is 0 Å². The Bertz CT molecular complexity index is 951. The van der Waals surface area contributed by atoms with Crippen LogP contribution in [0.1, 0.15) is 41.6 Å². The molecule has 2 aromatic rings. The molecule has 1 aliphatic heterocycles. The van der Waals surface area contributed by atoms with E-state index in [1.165, 1.54) is 32.2 Å². The second kappa shape index (κ2) is 6.47. The maximum absolute atomic E-state index is 13.1. The summed E-state index contributed by atoms with van der Waals surface area (Å²) in [4.78, 5) is 42.0. The summed E-state index contributed by atoms with van der Waals surface area (Å²) >= 11 is 0. The van der Waals surface area contributed by atoms with Gasteiger partial charge in [0.2, 0.25) is 17.6 Å². The zero-order valence-electron chi connectivity index (χ0n) is 14.9. The van der Waals surface area contributed by atoms with E-state index in [0.717, 1.165) is 11.0 Å². The fourth-order valence-corrected chi connectivity index (χ4v) is 2.88. The van der Waals surface area contributed by atoms with Crippen LogP contribution in [0.2, 0.25) is 0 Å². The van der Waals surface area contributed by atoms with Crippen LogP contribution in [0.25, 0.3) is 0 Å². The van der Waals surface area contributed by atoms with Crippen LogP contribution in [-0.4, -0.2) is 29.1 Å². The molecule has 3 heterocycles. The van der Waals surface area contributed by atoms with Crippen molar-refractivity contribution in [2.45, 2.75) is 25.9 Å². The highest BCUT2D eigenvalue weighted by molar-refractivity contribution is 6.21. The number of aromatic nitrogens is 1. The molecule has 0 bridgehead atoms.